The lowest BCUT2D eigenvalue weighted by Gasteiger charge is -2.89. The van der Waals surface area contributed by atoms with Crippen molar-refractivity contribution < 1.29 is 9.59 Å². The summed E-state index contributed by atoms with van der Waals surface area (Å²) in [7, 11) is 0. The van der Waals surface area contributed by atoms with E-state index in [2.05, 4.69) is 93.6 Å². The molecule has 2 heteroatoms. The standard InChI is InChI=1S/C34H24O2/c1-28-16-23-26(35)29(2)30(3,27(28)36)34-22-15-7-11-18-10-5-13-20(25(18)22)32(28,34)31(23)19-12-4-8-17-9-6-14-21(24(17)19)33(29,31)34/h4-15,23H,16H2,1-3H3/t23?,28-,29+,30+,31?,32?,33-,34?/m1/s1. The first kappa shape index (κ1) is 18.1. The lowest BCUT2D eigenvalue weighted by Crippen LogP contribution is -2.97. The number of ketones is 2. The van der Waals surface area contributed by atoms with E-state index in [1.807, 2.05) is 0 Å². The molecule has 4 aromatic carbocycles. The van der Waals surface area contributed by atoms with Gasteiger partial charge in [-0.1, -0.05) is 93.6 Å². The van der Waals surface area contributed by atoms with Crippen molar-refractivity contribution in [2.24, 2.45) is 22.2 Å². The highest BCUT2D eigenvalue weighted by Gasteiger charge is 3.19. The van der Waals surface area contributed by atoms with E-state index in [-0.39, 0.29) is 27.6 Å². The fourth-order valence-electron chi connectivity index (χ4n) is 14.3. The van der Waals surface area contributed by atoms with Crippen molar-refractivity contribution >= 4 is 33.1 Å². The number of benzene rings is 4. The zero-order valence-electron chi connectivity index (χ0n) is 20.5. The third-order valence-electron chi connectivity index (χ3n) is 14.0. The summed E-state index contributed by atoms with van der Waals surface area (Å²) in [6, 6.07) is 27.1. The van der Waals surface area contributed by atoms with Crippen LogP contribution in [0.1, 0.15) is 49.4 Å². The first-order valence-corrected chi connectivity index (χ1v) is 13.5. The van der Waals surface area contributed by atoms with E-state index in [4.69, 9.17) is 0 Å². The average Bonchev–Trinajstić information content (AvgIpc) is 3.42. The van der Waals surface area contributed by atoms with Gasteiger partial charge in [-0.05, 0) is 50.2 Å². The summed E-state index contributed by atoms with van der Waals surface area (Å²) in [6.45, 7) is 6.69. The van der Waals surface area contributed by atoms with Crippen molar-refractivity contribution in [2.45, 2.75) is 48.9 Å². The van der Waals surface area contributed by atoms with Crippen molar-refractivity contribution in [3.8, 4) is 0 Å². The second-order valence-corrected chi connectivity index (χ2v) is 13.5. The summed E-state index contributed by atoms with van der Waals surface area (Å²) in [4.78, 5) is 29.9. The minimum atomic E-state index is -0.710. The second kappa shape index (κ2) is 4.18. The van der Waals surface area contributed by atoms with Crippen LogP contribution in [0.3, 0.4) is 0 Å². The summed E-state index contributed by atoms with van der Waals surface area (Å²) in [5, 5.41) is 5.31. The first-order valence-electron chi connectivity index (χ1n) is 13.5. The Kier molecular flexibility index (Phi) is 2.09. The maximum Gasteiger partial charge on any atom is 0.147 e. The normalized spacial score (nSPS) is 50.0. The molecule has 0 aromatic heterocycles. The van der Waals surface area contributed by atoms with Crippen molar-refractivity contribution in [3.63, 3.8) is 0 Å². The van der Waals surface area contributed by atoms with E-state index in [9.17, 15) is 4.79 Å². The fourth-order valence-corrected chi connectivity index (χ4v) is 14.3. The number of hydrogen-bond acceptors (Lipinski definition) is 2. The summed E-state index contributed by atoms with van der Waals surface area (Å²) in [5.74, 6) is 0.619. The van der Waals surface area contributed by atoms with Gasteiger partial charge in [0.05, 0.1) is 10.8 Å². The zero-order valence-corrected chi connectivity index (χ0v) is 20.5. The van der Waals surface area contributed by atoms with Gasteiger partial charge in [0, 0.05) is 33.0 Å². The van der Waals surface area contributed by atoms with Crippen LogP contribution in [-0.4, -0.2) is 11.6 Å². The van der Waals surface area contributed by atoms with Crippen LogP contribution < -0.4 is 0 Å². The van der Waals surface area contributed by atoms with Crippen molar-refractivity contribution in [1.82, 2.24) is 0 Å². The van der Waals surface area contributed by atoms with Crippen LogP contribution in [0.5, 0.6) is 0 Å². The lowest BCUT2D eigenvalue weighted by atomic mass is 9.09. The Morgan fingerprint density at radius 3 is 1.72 bits per heavy atom. The maximum atomic E-state index is 15.1. The van der Waals surface area contributed by atoms with Crippen molar-refractivity contribution in [3.05, 3.63) is 95.1 Å². The Hall–Kier alpha value is -3.26. The molecular formula is C34H24O2. The summed E-state index contributed by atoms with van der Waals surface area (Å²) >= 11 is 0. The molecule has 0 N–H and O–H groups in total. The molecule has 172 valence electrons. The molecule has 11 rings (SSSR count). The van der Waals surface area contributed by atoms with Gasteiger partial charge in [-0.3, -0.25) is 9.59 Å². The van der Waals surface area contributed by atoms with Gasteiger partial charge in [-0.15, -0.1) is 0 Å². The molecule has 7 aliphatic rings. The van der Waals surface area contributed by atoms with Crippen LogP contribution in [0.25, 0.3) is 21.5 Å². The molecule has 0 aliphatic heterocycles. The van der Waals surface area contributed by atoms with Gasteiger partial charge in [0.1, 0.15) is 11.6 Å². The van der Waals surface area contributed by atoms with Gasteiger partial charge in [-0.25, -0.2) is 0 Å². The first-order chi connectivity index (χ1) is 17.3. The quantitative estimate of drug-likeness (QED) is 0.325. The van der Waals surface area contributed by atoms with Crippen LogP contribution in [0.2, 0.25) is 0 Å². The van der Waals surface area contributed by atoms with Crippen LogP contribution in [0.4, 0.5) is 0 Å². The van der Waals surface area contributed by atoms with E-state index < -0.39 is 16.2 Å². The van der Waals surface area contributed by atoms with Crippen LogP contribution >= 0.6 is 0 Å². The smallest absolute Gasteiger partial charge is 0.147 e. The summed E-state index contributed by atoms with van der Waals surface area (Å²) < 4.78 is 0. The number of carbonyl (C=O) groups excluding carboxylic acids is 2. The molecule has 4 spiro atoms. The lowest BCUT2D eigenvalue weighted by molar-refractivity contribution is -0.307. The van der Waals surface area contributed by atoms with Gasteiger partial charge in [0.25, 0.3) is 0 Å². The minimum Gasteiger partial charge on any atom is -0.299 e. The predicted molar refractivity (Wildman–Crippen MR) is 137 cm³/mol. The van der Waals surface area contributed by atoms with Gasteiger partial charge in [0.2, 0.25) is 0 Å². The highest BCUT2D eigenvalue weighted by Crippen LogP contribution is 3.12. The molecule has 0 heterocycles. The SMILES string of the molecule is C[C@]12C(=O)C3C[C@]4(C)C(=O)[C@]1(C)C15c6cccc7cccc(c67)C14C31c3cccc4cccc(c34)[C@@]152. The maximum absolute atomic E-state index is 15.1. The van der Waals surface area contributed by atoms with Crippen LogP contribution in [0.15, 0.2) is 72.8 Å². The molecule has 2 nitrogen and oxygen atoms in total. The average molecular weight is 465 g/mol. The highest BCUT2D eigenvalue weighted by atomic mass is 16.2. The second-order valence-electron chi connectivity index (χ2n) is 13.5. The number of fused-ring (bicyclic) bond motifs is 1. The number of rotatable bonds is 0. The summed E-state index contributed by atoms with van der Waals surface area (Å²) in [6.07, 6.45) is 0.689. The molecule has 0 amide bonds. The topological polar surface area (TPSA) is 34.1 Å². The Morgan fingerprint density at radius 1 is 0.611 bits per heavy atom. The molecule has 4 aromatic rings. The zero-order chi connectivity index (χ0) is 24.0. The molecule has 0 bridgehead atoms. The van der Waals surface area contributed by atoms with Gasteiger partial charge < -0.3 is 0 Å². The Labute approximate surface area is 208 Å². The fraction of sp³-hybridized carbons (Fsp3) is 0.353. The molecular weight excluding hydrogens is 440 g/mol. The highest BCUT2D eigenvalue weighted by molar-refractivity contribution is 6.25. The third-order valence-corrected chi connectivity index (χ3v) is 14.0. The molecule has 5 fully saturated rings. The van der Waals surface area contributed by atoms with E-state index >= 15 is 4.79 Å². The Bertz CT molecular complexity index is 1910. The number of hydrogen-bond donors (Lipinski definition) is 0. The third kappa shape index (κ3) is 0.901. The van der Waals surface area contributed by atoms with Crippen LogP contribution in [0, 0.1) is 22.2 Å². The number of carbonyl (C=O) groups is 2. The molecule has 0 radical (unpaired) electrons. The molecule has 36 heavy (non-hydrogen) atoms. The van der Waals surface area contributed by atoms with E-state index in [0.29, 0.717) is 18.0 Å². The van der Waals surface area contributed by atoms with E-state index in [0.717, 1.165) is 0 Å². The largest absolute Gasteiger partial charge is 0.299 e. The molecule has 5 saturated carbocycles. The monoisotopic (exact) mass is 464 g/mol. The molecule has 8 atom stereocenters. The Balaban J connectivity index is 1.52. The summed E-state index contributed by atoms with van der Waals surface area (Å²) in [5.41, 5.74) is 1.96. The van der Waals surface area contributed by atoms with Crippen LogP contribution in [-0.2, 0) is 31.2 Å². The van der Waals surface area contributed by atoms with E-state index in [1.54, 1.807) is 0 Å². The van der Waals surface area contributed by atoms with Crippen molar-refractivity contribution in [1.29, 1.82) is 0 Å². The number of Topliss-reactive ketones (excluding diaryl/α,β-unsaturated/α-hetero) is 2. The Morgan fingerprint density at radius 2 is 1.11 bits per heavy atom. The predicted octanol–water partition coefficient (Wildman–Crippen LogP) is 5.90. The molecule has 4 unspecified atom stereocenters. The van der Waals surface area contributed by atoms with E-state index in [1.165, 1.54) is 43.8 Å². The minimum absolute atomic E-state index is 0.114. The van der Waals surface area contributed by atoms with Gasteiger partial charge >= 0.3 is 0 Å². The van der Waals surface area contributed by atoms with Gasteiger partial charge in [0.15, 0.2) is 0 Å². The van der Waals surface area contributed by atoms with Crippen molar-refractivity contribution in [2.75, 3.05) is 0 Å². The van der Waals surface area contributed by atoms with Gasteiger partial charge in [-0.2, -0.15) is 0 Å². The molecule has 0 saturated heterocycles. The molecule has 7 aliphatic carbocycles.